The van der Waals surface area contributed by atoms with E-state index < -0.39 is 6.04 Å². The molecule has 2 N–H and O–H groups in total. The van der Waals surface area contributed by atoms with Crippen LogP contribution >= 0.6 is 0 Å². The Morgan fingerprint density at radius 2 is 1.72 bits per heavy atom. The summed E-state index contributed by atoms with van der Waals surface area (Å²) in [4.78, 5) is 43.4. The SMILES string of the molecule is COC(=O)Cc1ccccc1-c1ccc(C(=O)C2Nc3ccccc3Cn3c(C(=O)NCc4cccnc4)ccc32)cc1. The molecule has 0 fully saturated rings. The molecule has 43 heavy (non-hydrogen) atoms. The third-order valence-corrected chi connectivity index (χ3v) is 7.69. The van der Waals surface area contributed by atoms with Crippen molar-refractivity contribution < 1.29 is 19.1 Å². The summed E-state index contributed by atoms with van der Waals surface area (Å²) in [5, 5.41) is 6.43. The highest BCUT2D eigenvalue weighted by Crippen LogP contribution is 2.33. The fraction of sp³-hybridized carbons (Fsp3) is 0.143. The molecule has 6 rings (SSSR count). The summed E-state index contributed by atoms with van der Waals surface area (Å²) in [6.45, 7) is 0.792. The first kappa shape index (κ1) is 27.7. The Hall–Kier alpha value is -5.50. The fourth-order valence-corrected chi connectivity index (χ4v) is 5.45. The van der Waals surface area contributed by atoms with E-state index in [2.05, 4.69) is 15.6 Å². The number of benzene rings is 3. The van der Waals surface area contributed by atoms with E-state index in [-0.39, 0.29) is 24.1 Å². The summed E-state index contributed by atoms with van der Waals surface area (Å²) in [5.74, 6) is -0.657. The van der Waals surface area contributed by atoms with Gasteiger partial charge in [-0.15, -0.1) is 0 Å². The van der Waals surface area contributed by atoms with Crippen molar-refractivity contribution in [1.82, 2.24) is 14.9 Å². The minimum atomic E-state index is -0.707. The molecule has 0 radical (unpaired) electrons. The number of hydrogen-bond acceptors (Lipinski definition) is 6. The van der Waals surface area contributed by atoms with Crippen LogP contribution in [-0.2, 0) is 29.0 Å². The zero-order valence-electron chi connectivity index (χ0n) is 23.6. The summed E-state index contributed by atoms with van der Waals surface area (Å²) >= 11 is 0. The normalized spacial score (nSPS) is 13.6. The Labute approximate surface area is 249 Å². The number of nitrogens with one attached hydrogen (secondary N) is 2. The van der Waals surface area contributed by atoms with E-state index in [1.54, 1.807) is 30.6 Å². The van der Waals surface area contributed by atoms with Gasteiger partial charge in [0.25, 0.3) is 5.91 Å². The van der Waals surface area contributed by atoms with Crippen LogP contribution in [0.4, 0.5) is 5.69 Å². The minimum Gasteiger partial charge on any atom is -0.469 e. The molecular weight excluding hydrogens is 540 g/mol. The van der Waals surface area contributed by atoms with E-state index in [4.69, 9.17) is 4.74 Å². The van der Waals surface area contributed by atoms with Gasteiger partial charge >= 0.3 is 5.97 Å². The molecule has 8 nitrogen and oxygen atoms in total. The lowest BCUT2D eigenvalue weighted by Gasteiger charge is -2.19. The highest BCUT2D eigenvalue weighted by atomic mass is 16.5. The number of ketones is 1. The number of ether oxygens (including phenoxy) is 1. The number of fused-ring (bicyclic) bond motifs is 2. The lowest BCUT2D eigenvalue weighted by molar-refractivity contribution is -0.139. The maximum atomic E-state index is 14.1. The molecule has 214 valence electrons. The zero-order valence-corrected chi connectivity index (χ0v) is 23.6. The maximum Gasteiger partial charge on any atom is 0.309 e. The van der Waals surface area contributed by atoms with Crippen molar-refractivity contribution in [3.63, 3.8) is 0 Å². The van der Waals surface area contributed by atoms with E-state index in [1.807, 2.05) is 83.4 Å². The highest BCUT2D eigenvalue weighted by molar-refractivity contribution is 6.03. The van der Waals surface area contributed by atoms with Gasteiger partial charge in [0.2, 0.25) is 0 Å². The predicted octanol–water partition coefficient (Wildman–Crippen LogP) is 5.59. The van der Waals surface area contributed by atoms with Crippen LogP contribution in [0.3, 0.4) is 0 Å². The number of pyridine rings is 1. The topological polar surface area (TPSA) is 102 Å². The highest BCUT2D eigenvalue weighted by Gasteiger charge is 2.30. The molecule has 1 amide bonds. The lowest BCUT2D eigenvalue weighted by Crippen LogP contribution is -2.27. The van der Waals surface area contributed by atoms with Gasteiger partial charge in [-0.1, -0.05) is 72.8 Å². The van der Waals surface area contributed by atoms with Crippen molar-refractivity contribution in [2.75, 3.05) is 12.4 Å². The minimum absolute atomic E-state index is 0.118. The van der Waals surface area contributed by atoms with Crippen LogP contribution in [0.25, 0.3) is 11.1 Å². The van der Waals surface area contributed by atoms with E-state index >= 15 is 0 Å². The van der Waals surface area contributed by atoms with Crippen LogP contribution < -0.4 is 10.6 Å². The molecule has 1 atom stereocenters. The first-order valence-electron chi connectivity index (χ1n) is 14.0. The van der Waals surface area contributed by atoms with Gasteiger partial charge < -0.3 is 19.9 Å². The number of para-hydroxylation sites is 1. The second-order valence-corrected chi connectivity index (χ2v) is 10.4. The van der Waals surface area contributed by atoms with Gasteiger partial charge in [0.05, 0.1) is 20.1 Å². The average molecular weight is 571 g/mol. The first-order valence-corrected chi connectivity index (χ1v) is 14.0. The number of nitrogens with zero attached hydrogens (tertiary/aromatic N) is 2. The summed E-state index contributed by atoms with van der Waals surface area (Å²) in [6, 6.07) is 29.5. The van der Waals surface area contributed by atoms with Crippen LogP contribution in [0.15, 0.2) is 109 Å². The van der Waals surface area contributed by atoms with Crippen molar-refractivity contribution >= 4 is 23.3 Å². The Bertz CT molecular complexity index is 1790. The molecule has 3 aromatic carbocycles. The summed E-state index contributed by atoms with van der Waals surface area (Å²) in [6.07, 6.45) is 3.57. The molecular formula is C35H30N4O4. The van der Waals surface area contributed by atoms with E-state index in [1.165, 1.54) is 7.11 Å². The molecule has 1 aliphatic rings. The number of anilines is 1. The summed E-state index contributed by atoms with van der Waals surface area (Å²) < 4.78 is 6.77. The Balaban J connectivity index is 1.30. The molecule has 1 aliphatic heterocycles. The fourth-order valence-electron chi connectivity index (χ4n) is 5.45. The molecule has 8 heteroatoms. The maximum absolute atomic E-state index is 14.1. The Morgan fingerprint density at radius 3 is 2.51 bits per heavy atom. The van der Waals surface area contributed by atoms with Crippen LogP contribution in [0.5, 0.6) is 0 Å². The largest absolute Gasteiger partial charge is 0.469 e. The lowest BCUT2D eigenvalue weighted by atomic mass is 9.95. The molecule has 0 saturated heterocycles. The summed E-state index contributed by atoms with van der Waals surface area (Å²) in [5.41, 5.74) is 7.09. The van der Waals surface area contributed by atoms with Crippen molar-refractivity contribution in [2.24, 2.45) is 0 Å². The second-order valence-electron chi connectivity index (χ2n) is 10.4. The van der Waals surface area contributed by atoms with E-state index in [0.29, 0.717) is 30.0 Å². The number of amides is 1. The van der Waals surface area contributed by atoms with Gasteiger partial charge in [-0.25, -0.2) is 0 Å². The van der Waals surface area contributed by atoms with E-state index in [0.717, 1.165) is 33.5 Å². The number of aromatic nitrogens is 2. The van der Waals surface area contributed by atoms with Crippen molar-refractivity contribution in [2.45, 2.75) is 25.6 Å². The number of carbonyl (C=O) groups excluding carboxylic acids is 3. The Morgan fingerprint density at radius 1 is 0.930 bits per heavy atom. The first-order chi connectivity index (χ1) is 21.0. The van der Waals surface area contributed by atoms with Crippen LogP contribution in [0, 0.1) is 0 Å². The van der Waals surface area contributed by atoms with Crippen molar-refractivity contribution in [3.8, 4) is 11.1 Å². The molecule has 1 unspecified atom stereocenters. The second kappa shape index (κ2) is 12.2. The van der Waals surface area contributed by atoms with Crippen LogP contribution in [0.1, 0.15) is 49.3 Å². The Kier molecular flexibility index (Phi) is 7.82. The standard InChI is InChI=1S/C35H30N4O4/c1-43-32(40)19-26-8-2-4-10-28(26)24-12-14-25(15-13-24)34(41)33-30-16-17-31(35(42)37-21-23-7-6-18-36-20-23)39(30)22-27-9-3-5-11-29(27)38-33/h2-18,20,33,38H,19,21-22H2,1H3,(H,37,42). The molecule has 0 saturated carbocycles. The quantitative estimate of drug-likeness (QED) is 0.186. The number of Topliss-reactive ketones (excluding diaryl/α,β-unsaturated/α-hetero) is 1. The smallest absolute Gasteiger partial charge is 0.309 e. The van der Waals surface area contributed by atoms with Gasteiger partial charge in [0.1, 0.15) is 11.7 Å². The number of esters is 1. The van der Waals surface area contributed by atoms with Crippen molar-refractivity contribution in [3.05, 3.63) is 143 Å². The third kappa shape index (κ3) is 5.81. The third-order valence-electron chi connectivity index (χ3n) is 7.69. The van der Waals surface area contributed by atoms with Gasteiger partial charge in [-0.05, 0) is 52.1 Å². The molecule has 0 bridgehead atoms. The predicted molar refractivity (Wildman–Crippen MR) is 164 cm³/mol. The zero-order chi connectivity index (χ0) is 29.8. The number of methoxy groups -OCH3 is 1. The van der Waals surface area contributed by atoms with E-state index in [9.17, 15) is 14.4 Å². The van der Waals surface area contributed by atoms with Crippen LogP contribution in [0.2, 0.25) is 0 Å². The molecule has 3 heterocycles. The van der Waals surface area contributed by atoms with Gasteiger partial charge in [-0.3, -0.25) is 19.4 Å². The van der Waals surface area contributed by atoms with Gasteiger partial charge in [0, 0.05) is 35.9 Å². The molecule has 5 aromatic rings. The monoisotopic (exact) mass is 570 g/mol. The number of carbonyl (C=O) groups is 3. The summed E-state index contributed by atoms with van der Waals surface area (Å²) in [7, 11) is 1.37. The molecule has 0 aliphatic carbocycles. The number of hydrogen-bond donors (Lipinski definition) is 2. The van der Waals surface area contributed by atoms with Gasteiger partial charge in [-0.2, -0.15) is 0 Å². The average Bonchev–Trinajstić information content (AvgIpc) is 3.39. The number of rotatable bonds is 8. The van der Waals surface area contributed by atoms with Gasteiger partial charge in [0.15, 0.2) is 5.78 Å². The molecule has 2 aromatic heterocycles. The van der Waals surface area contributed by atoms with Crippen molar-refractivity contribution in [1.29, 1.82) is 0 Å². The molecule has 0 spiro atoms. The van der Waals surface area contributed by atoms with Crippen LogP contribution in [-0.4, -0.2) is 34.3 Å².